The van der Waals surface area contributed by atoms with Crippen LogP contribution in [-0.2, 0) is 14.4 Å². The van der Waals surface area contributed by atoms with E-state index in [0.717, 1.165) is 11.0 Å². The summed E-state index contributed by atoms with van der Waals surface area (Å²) in [5.74, 6) is -3.22. The van der Waals surface area contributed by atoms with Gasteiger partial charge >= 0.3 is 0 Å². The maximum atomic E-state index is 13.9. The average Bonchev–Trinajstić information content (AvgIpc) is 2.98. The summed E-state index contributed by atoms with van der Waals surface area (Å²) in [6.45, 7) is 1.40. The lowest BCUT2D eigenvalue weighted by Gasteiger charge is -2.17. The van der Waals surface area contributed by atoms with E-state index in [2.05, 4.69) is 10.6 Å². The van der Waals surface area contributed by atoms with Gasteiger partial charge < -0.3 is 15.5 Å². The van der Waals surface area contributed by atoms with Crippen LogP contribution in [0.5, 0.6) is 0 Å². The van der Waals surface area contributed by atoms with Crippen LogP contribution < -0.4 is 15.5 Å². The van der Waals surface area contributed by atoms with Gasteiger partial charge in [0.1, 0.15) is 11.6 Å². The molecule has 2 N–H and O–H groups in total. The van der Waals surface area contributed by atoms with Crippen molar-refractivity contribution in [2.75, 3.05) is 22.1 Å². The molecule has 1 aliphatic rings. The number of carbonyl (C=O) groups is 3. The highest BCUT2D eigenvalue weighted by molar-refractivity contribution is 6.03. The van der Waals surface area contributed by atoms with E-state index >= 15 is 0 Å². The van der Waals surface area contributed by atoms with Gasteiger partial charge in [0.25, 0.3) is 0 Å². The Balaban J connectivity index is 1.66. The number of rotatable bonds is 4. The van der Waals surface area contributed by atoms with Gasteiger partial charge in [-0.25, -0.2) is 8.78 Å². The van der Waals surface area contributed by atoms with E-state index in [1.165, 1.54) is 13.0 Å². The van der Waals surface area contributed by atoms with E-state index in [-0.39, 0.29) is 30.5 Å². The molecule has 140 valence electrons. The number of hydrogen-bond acceptors (Lipinski definition) is 3. The number of nitrogens with zero attached hydrogens (tertiary/aromatic N) is 1. The van der Waals surface area contributed by atoms with Crippen LogP contribution in [0.1, 0.15) is 13.3 Å². The Kier molecular flexibility index (Phi) is 5.16. The van der Waals surface area contributed by atoms with Crippen LogP contribution in [0.15, 0.2) is 42.5 Å². The summed E-state index contributed by atoms with van der Waals surface area (Å²) in [4.78, 5) is 36.8. The Morgan fingerprint density at radius 1 is 1.04 bits per heavy atom. The first-order valence-corrected chi connectivity index (χ1v) is 8.27. The van der Waals surface area contributed by atoms with E-state index < -0.39 is 23.5 Å². The van der Waals surface area contributed by atoms with Gasteiger partial charge in [0.2, 0.25) is 17.7 Å². The Hall–Kier alpha value is -3.29. The predicted octanol–water partition coefficient (Wildman–Crippen LogP) is 2.91. The van der Waals surface area contributed by atoms with Crippen LogP contribution >= 0.6 is 0 Å². The van der Waals surface area contributed by atoms with Crippen LogP contribution in [0, 0.1) is 17.6 Å². The molecular weight excluding hydrogens is 356 g/mol. The summed E-state index contributed by atoms with van der Waals surface area (Å²) in [5, 5.41) is 5.31. The highest BCUT2D eigenvalue weighted by Crippen LogP contribution is 2.28. The number of amides is 3. The lowest BCUT2D eigenvalue weighted by molar-refractivity contribution is -0.122. The molecule has 2 aromatic rings. The molecule has 1 unspecified atom stereocenters. The Bertz CT molecular complexity index is 900. The molecule has 1 atom stereocenters. The van der Waals surface area contributed by atoms with Crippen molar-refractivity contribution in [1.29, 1.82) is 0 Å². The minimum Gasteiger partial charge on any atom is -0.326 e. The molecule has 2 aromatic carbocycles. The first kappa shape index (κ1) is 18.5. The van der Waals surface area contributed by atoms with Crippen LogP contribution in [0.3, 0.4) is 0 Å². The topological polar surface area (TPSA) is 78.5 Å². The highest BCUT2D eigenvalue weighted by Gasteiger charge is 2.36. The lowest BCUT2D eigenvalue weighted by atomic mass is 10.1. The molecule has 1 fully saturated rings. The third-order valence-corrected chi connectivity index (χ3v) is 4.17. The zero-order valence-corrected chi connectivity index (χ0v) is 14.5. The van der Waals surface area contributed by atoms with Crippen molar-refractivity contribution >= 4 is 34.8 Å². The minimum atomic E-state index is -0.849. The van der Waals surface area contributed by atoms with Gasteiger partial charge in [-0.15, -0.1) is 0 Å². The maximum absolute atomic E-state index is 13.9. The van der Waals surface area contributed by atoms with Crippen molar-refractivity contribution < 1.29 is 23.2 Å². The minimum absolute atomic E-state index is 0.0111. The number of anilines is 3. The molecule has 0 aliphatic carbocycles. The zero-order valence-electron chi connectivity index (χ0n) is 14.5. The number of halogens is 2. The molecule has 3 amide bonds. The van der Waals surface area contributed by atoms with Crippen molar-refractivity contribution in [2.24, 2.45) is 5.92 Å². The average molecular weight is 373 g/mol. The van der Waals surface area contributed by atoms with Crippen molar-refractivity contribution in [3.8, 4) is 0 Å². The van der Waals surface area contributed by atoms with Crippen molar-refractivity contribution in [3.63, 3.8) is 0 Å². The first-order valence-electron chi connectivity index (χ1n) is 8.27. The van der Waals surface area contributed by atoms with Gasteiger partial charge in [0, 0.05) is 37.3 Å². The van der Waals surface area contributed by atoms with Crippen molar-refractivity contribution in [1.82, 2.24) is 0 Å². The van der Waals surface area contributed by atoms with Crippen LogP contribution in [-0.4, -0.2) is 24.3 Å². The SMILES string of the molecule is CC(=O)Nc1ccc(NC(=O)C2CC(=O)N(c3ccc(F)cc3F)C2)cc1. The Labute approximate surface area is 154 Å². The Morgan fingerprint density at radius 3 is 2.26 bits per heavy atom. The van der Waals surface area contributed by atoms with E-state index in [9.17, 15) is 23.2 Å². The summed E-state index contributed by atoms with van der Waals surface area (Å²) in [7, 11) is 0. The molecule has 3 rings (SSSR count). The second-order valence-corrected chi connectivity index (χ2v) is 6.25. The monoisotopic (exact) mass is 373 g/mol. The fourth-order valence-corrected chi connectivity index (χ4v) is 2.90. The van der Waals surface area contributed by atoms with Gasteiger partial charge in [-0.1, -0.05) is 0 Å². The highest BCUT2D eigenvalue weighted by atomic mass is 19.1. The summed E-state index contributed by atoms with van der Waals surface area (Å²) in [6, 6.07) is 9.47. The molecule has 0 spiro atoms. The summed E-state index contributed by atoms with van der Waals surface area (Å²) in [5.41, 5.74) is 1.05. The molecule has 0 saturated carbocycles. The fraction of sp³-hybridized carbons (Fsp3) is 0.211. The van der Waals surface area contributed by atoms with E-state index in [1.807, 2.05) is 0 Å². The summed E-state index contributed by atoms with van der Waals surface area (Å²) in [6.07, 6.45) is -0.0629. The second-order valence-electron chi connectivity index (χ2n) is 6.25. The van der Waals surface area contributed by atoms with Crippen LogP contribution in [0.4, 0.5) is 25.8 Å². The fourth-order valence-electron chi connectivity index (χ4n) is 2.90. The standard InChI is InChI=1S/C19H17F2N3O3/c1-11(25)22-14-3-5-15(6-4-14)23-19(27)12-8-18(26)24(10-12)17-7-2-13(20)9-16(17)21/h2-7,9,12H,8,10H2,1H3,(H,22,25)(H,23,27). The second kappa shape index (κ2) is 7.53. The van der Waals surface area contributed by atoms with Crippen molar-refractivity contribution in [3.05, 3.63) is 54.1 Å². The lowest BCUT2D eigenvalue weighted by Crippen LogP contribution is -2.28. The third kappa shape index (κ3) is 4.28. The summed E-state index contributed by atoms with van der Waals surface area (Å²) < 4.78 is 27.0. The number of nitrogens with one attached hydrogen (secondary N) is 2. The molecule has 0 bridgehead atoms. The molecule has 8 heteroatoms. The normalized spacial score (nSPS) is 16.3. The predicted molar refractivity (Wildman–Crippen MR) is 96.2 cm³/mol. The molecule has 1 heterocycles. The molecule has 1 aliphatic heterocycles. The van der Waals surface area contributed by atoms with Gasteiger partial charge in [0.15, 0.2) is 0 Å². The van der Waals surface area contributed by atoms with Gasteiger partial charge in [-0.2, -0.15) is 0 Å². The van der Waals surface area contributed by atoms with Gasteiger partial charge in [-0.05, 0) is 36.4 Å². The van der Waals surface area contributed by atoms with Gasteiger partial charge in [0.05, 0.1) is 11.6 Å². The van der Waals surface area contributed by atoms with E-state index in [4.69, 9.17) is 0 Å². The zero-order chi connectivity index (χ0) is 19.6. The number of benzene rings is 2. The largest absolute Gasteiger partial charge is 0.326 e. The third-order valence-electron chi connectivity index (χ3n) is 4.17. The number of hydrogen-bond donors (Lipinski definition) is 2. The molecular formula is C19H17F2N3O3. The van der Waals surface area contributed by atoms with Crippen LogP contribution in [0.2, 0.25) is 0 Å². The molecule has 0 radical (unpaired) electrons. The quantitative estimate of drug-likeness (QED) is 0.865. The van der Waals surface area contributed by atoms with Crippen LogP contribution in [0.25, 0.3) is 0 Å². The molecule has 27 heavy (non-hydrogen) atoms. The molecule has 1 saturated heterocycles. The summed E-state index contributed by atoms with van der Waals surface area (Å²) >= 11 is 0. The molecule has 6 nitrogen and oxygen atoms in total. The molecule has 0 aromatic heterocycles. The maximum Gasteiger partial charge on any atom is 0.229 e. The van der Waals surface area contributed by atoms with Crippen molar-refractivity contribution in [2.45, 2.75) is 13.3 Å². The number of carbonyl (C=O) groups excluding carboxylic acids is 3. The Morgan fingerprint density at radius 2 is 1.67 bits per heavy atom. The van der Waals surface area contributed by atoms with Gasteiger partial charge in [-0.3, -0.25) is 14.4 Å². The van der Waals surface area contributed by atoms with E-state index in [1.54, 1.807) is 24.3 Å². The first-order chi connectivity index (χ1) is 12.8. The smallest absolute Gasteiger partial charge is 0.229 e. The van der Waals surface area contributed by atoms with E-state index in [0.29, 0.717) is 17.4 Å².